The number of hydrogen-bond acceptors (Lipinski definition) is 12. The van der Waals surface area contributed by atoms with Gasteiger partial charge in [0.05, 0.1) is 18.0 Å². The standard InChI is InChI=1S/C29H40N2O12S/c1-18-9-11-20(12-10-18)44(36,37)39-14-13-30-24(32)19(2)16-31(25(30)33)23-15-21(41-27(35)43-29(6,7)8)22(40-23)17-38-26(34)42-28(3,4)5/h9-12,16,21-23H,13-15,17H2,1-8H3/t21-,22+,23+/m0/s1. The number of carbonyl (C=O) groups excluding carboxylic acids is 2. The summed E-state index contributed by atoms with van der Waals surface area (Å²) < 4.78 is 59.2. The number of hydrogen-bond donors (Lipinski definition) is 0. The average Bonchev–Trinajstić information content (AvgIpc) is 3.27. The molecule has 0 spiro atoms. The molecule has 14 nitrogen and oxygen atoms in total. The molecule has 0 N–H and O–H groups in total. The molecule has 0 saturated carbocycles. The van der Waals surface area contributed by atoms with Gasteiger partial charge in [0.25, 0.3) is 15.7 Å². The van der Waals surface area contributed by atoms with Gasteiger partial charge in [-0.1, -0.05) is 17.7 Å². The second kappa shape index (κ2) is 13.5. The van der Waals surface area contributed by atoms with Gasteiger partial charge in [-0.25, -0.2) is 14.4 Å². The van der Waals surface area contributed by atoms with Gasteiger partial charge in [0, 0.05) is 18.2 Å². The third kappa shape index (κ3) is 9.66. The fourth-order valence-electron chi connectivity index (χ4n) is 4.15. The number of aryl methyl sites for hydroxylation is 2. The first kappa shape index (κ1) is 34.8. The Morgan fingerprint density at radius 2 is 1.55 bits per heavy atom. The van der Waals surface area contributed by atoms with Gasteiger partial charge in [-0.05, 0) is 67.5 Å². The predicted octanol–water partition coefficient (Wildman–Crippen LogP) is 3.59. The largest absolute Gasteiger partial charge is 0.509 e. The van der Waals surface area contributed by atoms with Crippen molar-refractivity contribution in [3.05, 3.63) is 62.4 Å². The molecule has 3 rings (SSSR count). The van der Waals surface area contributed by atoms with Crippen LogP contribution in [0.15, 0.2) is 44.9 Å². The van der Waals surface area contributed by atoms with Crippen molar-refractivity contribution in [1.29, 1.82) is 0 Å². The van der Waals surface area contributed by atoms with Crippen molar-refractivity contribution in [2.24, 2.45) is 0 Å². The van der Waals surface area contributed by atoms with Crippen molar-refractivity contribution in [2.75, 3.05) is 13.2 Å². The van der Waals surface area contributed by atoms with Crippen molar-refractivity contribution >= 4 is 22.4 Å². The smallest absolute Gasteiger partial charge is 0.431 e. The van der Waals surface area contributed by atoms with Crippen LogP contribution in [0.25, 0.3) is 0 Å². The number of nitrogens with zero attached hydrogens (tertiary/aromatic N) is 2. The third-order valence-corrected chi connectivity index (χ3v) is 7.44. The van der Waals surface area contributed by atoms with Gasteiger partial charge in [0.15, 0.2) is 0 Å². The first-order valence-electron chi connectivity index (χ1n) is 14.0. The molecule has 1 aromatic carbocycles. The summed E-state index contributed by atoms with van der Waals surface area (Å²) >= 11 is 0. The summed E-state index contributed by atoms with van der Waals surface area (Å²) in [6.07, 6.45) is -3.81. The van der Waals surface area contributed by atoms with Gasteiger partial charge >= 0.3 is 18.0 Å². The topological polar surface area (TPSA) is 168 Å². The number of carbonyl (C=O) groups is 2. The lowest BCUT2D eigenvalue weighted by Gasteiger charge is -2.23. The highest BCUT2D eigenvalue weighted by atomic mass is 32.2. The minimum absolute atomic E-state index is 0.0581. The Morgan fingerprint density at radius 1 is 0.955 bits per heavy atom. The Bertz CT molecular complexity index is 1560. The lowest BCUT2D eigenvalue weighted by atomic mass is 10.2. The van der Waals surface area contributed by atoms with Crippen molar-refractivity contribution < 1.29 is 45.9 Å². The van der Waals surface area contributed by atoms with Gasteiger partial charge in [-0.15, -0.1) is 0 Å². The van der Waals surface area contributed by atoms with E-state index in [0.29, 0.717) is 0 Å². The molecule has 2 aromatic rings. The van der Waals surface area contributed by atoms with E-state index in [2.05, 4.69) is 0 Å². The molecular formula is C29H40N2O12S. The van der Waals surface area contributed by atoms with Crippen molar-refractivity contribution in [3.63, 3.8) is 0 Å². The number of ether oxygens (including phenoxy) is 5. The zero-order valence-corrected chi connectivity index (χ0v) is 27.0. The molecule has 1 saturated heterocycles. The zero-order valence-electron chi connectivity index (χ0n) is 26.1. The highest BCUT2D eigenvalue weighted by Crippen LogP contribution is 2.31. The van der Waals surface area contributed by atoms with E-state index in [4.69, 9.17) is 27.9 Å². The number of rotatable bonds is 9. The van der Waals surface area contributed by atoms with Crippen molar-refractivity contribution in [2.45, 2.75) is 103 Å². The second-order valence-electron chi connectivity index (χ2n) is 12.3. The quantitative estimate of drug-likeness (QED) is 0.289. The molecule has 15 heteroatoms. The normalized spacial score (nSPS) is 19.0. The minimum Gasteiger partial charge on any atom is -0.431 e. The molecular weight excluding hydrogens is 600 g/mol. The first-order chi connectivity index (χ1) is 20.3. The minimum atomic E-state index is -4.13. The summed E-state index contributed by atoms with van der Waals surface area (Å²) in [5.74, 6) is 0. The molecule has 1 fully saturated rings. The molecule has 1 aliphatic rings. The maximum Gasteiger partial charge on any atom is 0.509 e. The lowest BCUT2D eigenvalue weighted by molar-refractivity contribution is -0.0824. The molecule has 0 unspecified atom stereocenters. The highest BCUT2D eigenvalue weighted by molar-refractivity contribution is 7.86. The maximum absolute atomic E-state index is 13.4. The van der Waals surface area contributed by atoms with Crippen LogP contribution in [0.3, 0.4) is 0 Å². The van der Waals surface area contributed by atoms with Crippen LogP contribution in [0.1, 0.15) is 65.3 Å². The van der Waals surface area contributed by atoms with Gasteiger partial charge in [0.2, 0.25) is 0 Å². The van der Waals surface area contributed by atoms with Crippen LogP contribution in [0.2, 0.25) is 0 Å². The summed E-state index contributed by atoms with van der Waals surface area (Å²) in [7, 11) is -4.13. The predicted molar refractivity (Wildman–Crippen MR) is 156 cm³/mol. The van der Waals surface area contributed by atoms with Gasteiger partial charge in [-0.3, -0.25) is 18.1 Å². The van der Waals surface area contributed by atoms with E-state index in [1.807, 2.05) is 6.92 Å². The summed E-state index contributed by atoms with van der Waals surface area (Å²) in [6, 6.07) is 6.03. The van der Waals surface area contributed by atoms with Crippen LogP contribution in [-0.2, 0) is 44.5 Å². The van der Waals surface area contributed by atoms with Crippen LogP contribution >= 0.6 is 0 Å². The first-order valence-corrected chi connectivity index (χ1v) is 15.4. The van der Waals surface area contributed by atoms with E-state index in [-0.39, 0.29) is 30.0 Å². The Labute approximate surface area is 255 Å². The molecule has 0 aliphatic carbocycles. The van der Waals surface area contributed by atoms with E-state index in [9.17, 15) is 27.6 Å². The number of aromatic nitrogens is 2. The van der Waals surface area contributed by atoms with Crippen LogP contribution < -0.4 is 11.2 Å². The summed E-state index contributed by atoms with van der Waals surface area (Å²) in [6.45, 7) is 12.0. The second-order valence-corrected chi connectivity index (χ2v) is 13.9. The Balaban J connectivity index is 1.81. The molecule has 44 heavy (non-hydrogen) atoms. The zero-order chi connectivity index (χ0) is 33.0. The molecule has 1 aromatic heterocycles. The SMILES string of the molecule is Cc1ccc(S(=O)(=O)OCCn2c(=O)c(C)cn([C@H]3C[C@H](OC(=O)OC(C)(C)C)[C@@H](COC(=O)OC(C)(C)C)O3)c2=O)cc1. The fourth-order valence-corrected chi connectivity index (χ4v) is 5.04. The van der Waals surface area contributed by atoms with Crippen LogP contribution in [0, 0.1) is 13.8 Å². The molecule has 3 atom stereocenters. The fraction of sp³-hybridized carbons (Fsp3) is 0.586. The molecule has 0 amide bonds. The van der Waals surface area contributed by atoms with Gasteiger partial charge in [-0.2, -0.15) is 8.42 Å². The summed E-state index contributed by atoms with van der Waals surface area (Å²) in [5.41, 5.74) is -2.10. The van der Waals surface area contributed by atoms with E-state index in [0.717, 1.165) is 14.7 Å². The summed E-state index contributed by atoms with van der Waals surface area (Å²) in [5, 5.41) is 0. The highest BCUT2D eigenvalue weighted by Gasteiger charge is 2.41. The molecule has 1 aliphatic heterocycles. The Morgan fingerprint density at radius 3 is 2.14 bits per heavy atom. The monoisotopic (exact) mass is 640 g/mol. The summed E-state index contributed by atoms with van der Waals surface area (Å²) in [4.78, 5) is 50.9. The van der Waals surface area contributed by atoms with Crippen LogP contribution in [0.4, 0.5) is 9.59 Å². The van der Waals surface area contributed by atoms with Gasteiger partial charge in [0.1, 0.15) is 36.2 Å². The Kier molecular flexibility index (Phi) is 10.7. The van der Waals surface area contributed by atoms with Crippen molar-refractivity contribution in [3.8, 4) is 0 Å². The van der Waals surface area contributed by atoms with E-state index in [1.165, 1.54) is 25.3 Å². The van der Waals surface area contributed by atoms with Crippen molar-refractivity contribution in [1.82, 2.24) is 9.13 Å². The van der Waals surface area contributed by atoms with Gasteiger partial charge < -0.3 is 23.7 Å². The van der Waals surface area contributed by atoms with Crippen LogP contribution in [-0.4, -0.2) is 66.5 Å². The van der Waals surface area contributed by atoms with Crippen LogP contribution in [0.5, 0.6) is 0 Å². The third-order valence-electron chi connectivity index (χ3n) is 6.11. The molecule has 0 radical (unpaired) electrons. The van der Waals surface area contributed by atoms with E-state index < -0.39 is 69.9 Å². The molecule has 0 bridgehead atoms. The maximum atomic E-state index is 13.4. The van der Waals surface area contributed by atoms with E-state index >= 15 is 0 Å². The lowest BCUT2D eigenvalue weighted by Crippen LogP contribution is -2.43. The number of benzene rings is 1. The molecule has 2 heterocycles. The molecule has 244 valence electrons. The Hall–Kier alpha value is -3.69. The van der Waals surface area contributed by atoms with E-state index in [1.54, 1.807) is 53.7 Å². The average molecular weight is 641 g/mol.